The molecule has 3 aromatic rings. The summed E-state index contributed by atoms with van der Waals surface area (Å²) in [5.41, 5.74) is 5.17. The van der Waals surface area contributed by atoms with Gasteiger partial charge in [-0.15, -0.1) is 11.3 Å². The zero-order chi connectivity index (χ0) is 18.7. The average molecular weight is 366 g/mol. The minimum atomic E-state index is -0.0858. The number of carbonyl (C=O) groups is 1. The van der Waals surface area contributed by atoms with Crippen molar-refractivity contribution in [1.82, 2.24) is 4.98 Å². The quantitative estimate of drug-likeness (QED) is 0.613. The summed E-state index contributed by atoms with van der Waals surface area (Å²) in [6.45, 7) is 8.13. The summed E-state index contributed by atoms with van der Waals surface area (Å²) in [4.78, 5) is 15.9. The Bertz CT molecular complexity index is 908. The molecule has 0 unspecified atom stereocenters. The van der Waals surface area contributed by atoms with Gasteiger partial charge in [0, 0.05) is 29.2 Å². The van der Waals surface area contributed by atoms with Crippen LogP contribution in [0, 0.1) is 0 Å². The van der Waals surface area contributed by atoms with Crippen LogP contribution >= 0.6 is 11.3 Å². The molecule has 2 aromatic carbocycles. The van der Waals surface area contributed by atoms with E-state index in [1.165, 1.54) is 12.5 Å². The number of nitrogens with one attached hydrogen (secondary N) is 2. The molecule has 0 radical (unpaired) electrons. The highest BCUT2D eigenvalue weighted by Crippen LogP contribution is 2.30. The Morgan fingerprint density at radius 1 is 1.04 bits per heavy atom. The van der Waals surface area contributed by atoms with E-state index in [0.717, 1.165) is 27.8 Å². The third-order valence-corrected chi connectivity index (χ3v) is 4.74. The van der Waals surface area contributed by atoms with Gasteiger partial charge in [0.25, 0.3) is 0 Å². The van der Waals surface area contributed by atoms with Crippen molar-refractivity contribution in [3.05, 3.63) is 59.5 Å². The molecule has 0 aliphatic heterocycles. The van der Waals surface area contributed by atoms with Gasteiger partial charge in [0.15, 0.2) is 5.13 Å². The molecule has 0 saturated carbocycles. The van der Waals surface area contributed by atoms with Crippen LogP contribution in [0.3, 0.4) is 0 Å². The van der Waals surface area contributed by atoms with Gasteiger partial charge >= 0.3 is 0 Å². The maximum Gasteiger partial charge on any atom is 0.221 e. The largest absolute Gasteiger partial charge is 0.331 e. The number of hydrogen-bond donors (Lipinski definition) is 2. The third-order valence-electron chi connectivity index (χ3n) is 3.99. The minimum Gasteiger partial charge on any atom is -0.331 e. The number of aromatic nitrogens is 1. The predicted octanol–water partition coefficient (Wildman–Crippen LogP) is 5.81. The van der Waals surface area contributed by atoms with Crippen molar-refractivity contribution < 1.29 is 4.79 Å². The van der Waals surface area contributed by atoms with Gasteiger partial charge in [0.2, 0.25) is 5.91 Å². The first kappa shape index (κ1) is 18.1. The molecule has 1 aromatic heterocycles. The summed E-state index contributed by atoms with van der Waals surface area (Å²) < 4.78 is 0. The van der Waals surface area contributed by atoms with Crippen LogP contribution in [-0.4, -0.2) is 10.9 Å². The molecule has 5 heteroatoms. The van der Waals surface area contributed by atoms with E-state index in [1.807, 2.05) is 29.6 Å². The Morgan fingerprint density at radius 3 is 2.38 bits per heavy atom. The predicted molar refractivity (Wildman–Crippen MR) is 110 cm³/mol. The molecule has 0 aliphatic carbocycles. The fourth-order valence-corrected chi connectivity index (χ4v) is 3.35. The Balaban J connectivity index is 1.75. The summed E-state index contributed by atoms with van der Waals surface area (Å²) in [5.74, 6) is -0.0858. The van der Waals surface area contributed by atoms with Gasteiger partial charge in [0.1, 0.15) is 0 Å². The first-order valence-electron chi connectivity index (χ1n) is 8.52. The molecule has 4 nitrogen and oxygen atoms in total. The van der Waals surface area contributed by atoms with Gasteiger partial charge in [-0.05, 0) is 29.2 Å². The highest BCUT2D eigenvalue weighted by molar-refractivity contribution is 7.14. The van der Waals surface area contributed by atoms with Crippen molar-refractivity contribution in [2.45, 2.75) is 33.1 Å². The second-order valence-corrected chi connectivity index (χ2v) is 8.11. The molecule has 3 rings (SSSR count). The highest BCUT2D eigenvalue weighted by atomic mass is 32.1. The molecule has 1 amide bonds. The summed E-state index contributed by atoms with van der Waals surface area (Å²) in [5, 5.41) is 8.95. The normalized spacial score (nSPS) is 11.2. The van der Waals surface area contributed by atoms with Crippen LogP contribution < -0.4 is 10.6 Å². The van der Waals surface area contributed by atoms with Crippen molar-refractivity contribution in [3.8, 4) is 11.3 Å². The number of carbonyl (C=O) groups excluding carboxylic acids is 1. The van der Waals surface area contributed by atoms with Gasteiger partial charge in [-0.2, -0.15) is 0 Å². The maximum atomic E-state index is 11.2. The van der Waals surface area contributed by atoms with Crippen LogP contribution in [0.2, 0.25) is 0 Å². The number of rotatable bonds is 4. The number of thiazole rings is 1. The van der Waals surface area contributed by atoms with Crippen LogP contribution in [0.1, 0.15) is 33.3 Å². The lowest BCUT2D eigenvalue weighted by molar-refractivity contribution is -0.114. The van der Waals surface area contributed by atoms with Gasteiger partial charge in [-0.1, -0.05) is 51.1 Å². The Labute approximate surface area is 158 Å². The zero-order valence-corrected chi connectivity index (χ0v) is 16.3. The van der Waals surface area contributed by atoms with E-state index in [4.69, 9.17) is 0 Å². The van der Waals surface area contributed by atoms with Crippen LogP contribution in [0.15, 0.2) is 53.9 Å². The maximum absolute atomic E-state index is 11.2. The third kappa shape index (κ3) is 4.49. The van der Waals surface area contributed by atoms with Crippen molar-refractivity contribution in [1.29, 1.82) is 0 Å². The lowest BCUT2D eigenvalue weighted by Gasteiger charge is -2.18. The van der Waals surface area contributed by atoms with Gasteiger partial charge in [-0.3, -0.25) is 4.79 Å². The number of benzene rings is 2. The highest BCUT2D eigenvalue weighted by Gasteiger charge is 2.13. The summed E-state index contributed by atoms with van der Waals surface area (Å²) >= 11 is 1.56. The first-order chi connectivity index (χ1) is 12.3. The molecule has 0 aliphatic rings. The molecular formula is C21H23N3OS. The number of anilines is 3. The Morgan fingerprint density at radius 2 is 1.73 bits per heavy atom. The molecule has 0 saturated heterocycles. The molecule has 1 heterocycles. The van der Waals surface area contributed by atoms with Crippen molar-refractivity contribution in [2.24, 2.45) is 0 Å². The van der Waals surface area contributed by atoms with Gasteiger partial charge < -0.3 is 10.6 Å². The summed E-state index contributed by atoms with van der Waals surface area (Å²) in [6.07, 6.45) is 0. The van der Waals surface area contributed by atoms with E-state index in [2.05, 4.69) is 60.7 Å². The van der Waals surface area contributed by atoms with Crippen LogP contribution in [0.4, 0.5) is 16.5 Å². The Kier molecular flexibility index (Phi) is 5.09. The minimum absolute atomic E-state index is 0.0858. The summed E-state index contributed by atoms with van der Waals surface area (Å²) in [7, 11) is 0. The van der Waals surface area contributed by atoms with Crippen molar-refractivity contribution in [2.75, 3.05) is 10.6 Å². The monoisotopic (exact) mass is 365 g/mol. The average Bonchev–Trinajstić information content (AvgIpc) is 3.02. The fraction of sp³-hybridized carbons (Fsp3) is 0.238. The molecule has 0 fully saturated rings. The molecular weight excluding hydrogens is 342 g/mol. The first-order valence-corrected chi connectivity index (χ1v) is 9.40. The van der Waals surface area contributed by atoms with Crippen LogP contribution in [-0.2, 0) is 10.2 Å². The zero-order valence-electron chi connectivity index (χ0n) is 15.5. The second-order valence-electron chi connectivity index (χ2n) is 7.25. The Hall–Kier alpha value is -2.66. The molecule has 134 valence electrons. The standard InChI is InChI=1S/C21H23N3OS/c1-14(25)22-17-6-5-7-18(12-17)23-20-24-19(13-26-20)15-8-10-16(11-9-15)21(2,3)4/h5-13H,1-4H3,(H,22,25)(H,23,24). The topological polar surface area (TPSA) is 54.0 Å². The number of hydrogen-bond acceptors (Lipinski definition) is 4. The second kappa shape index (κ2) is 7.30. The van der Waals surface area contributed by atoms with E-state index >= 15 is 0 Å². The van der Waals surface area contributed by atoms with E-state index in [-0.39, 0.29) is 11.3 Å². The molecule has 26 heavy (non-hydrogen) atoms. The molecule has 0 spiro atoms. The van der Waals surface area contributed by atoms with Crippen molar-refractivity contribution >= 4 is 33.8 Å². The lowest BCUT2D eigenvalue weighted by atomic mass is 9.86. The van der Waals surface area contributed by atoms with E-state index in [0.29, 0.717) is 0 Å². The summed E-state index contributed by atoms with van der Waals surface area (Å²) in [6, 6.07) is 16.2. The number of amides is 1. The van der Waals surface area contributed by atoms with Gasteiger partial charge in [-0.25, -0.2) is 4.98 Å². The fourth-order valence-electron chi connectivity index (χ4n) is 2.61. The van der Waals surface area contributed by atoms with E-state index < -0.39 is 0 Å². The molecule has 0 atom stereocenters. The van der Waals surface area contributed by atoms with Gasteiger partial charge in [0.05, 0.1) is 5.69 Å². The lowest BCUT2D eigenvalue weighted by Crippen LogP contribution is -2.10. The smallest absolute Gasteiger partial charge is 0.221 e. The van der Waals surface area contributed by atoms with Crippen LogP contribution in [0.5, 0.6) is 0 Å². The SMILES string of the molecule is CC(=O)Nc1cccc(Nc2nc(-c3ccc(C(C)(C)C)cc3)cs2)c1. The number of nitrogens with zero attached hydrogens (tertiary/aromatic N) is 1. The van der Waals surface area contributed by atoms with E-state index in [1.54, 1.807) is 11.3 Å². The van der Waals surface area contributed by atoms with Crippen LogP contribution in [0.25, 0.3) is 11.3 Å². The molecule has 2 N–H and O–H groups in total. The van der Waals surface area contributed by atoms with E-state index in [9.17, 15) is 4.79 Å². The molecule has 0 bridgehead atoms. The van der Waals surface area contributed by atoms with Crippen molar-refractivity contribution in [3.63, 3.8) is 0 Å².